The topological polar surface area (TPSA) is 54.5 Å². The van der Waals surface area contributed by atoms with Gasteiger partial charge in [0.05, 0.1) is 0 Å². The van der Waals surface area contributed by atoms with Crippen molar-refractivity contribution < 1.29 is 9.53 Å². The summed E-state index contributed by atoms with van der Waals surface area (Å²) in [6.07, 6.45) is 4.48. The van der Waals surface area contributed by atoms with Crippen molar-refractivity contribution in [3.8, 4) is 0 Å². The normalized spacial score (nSPS) is 24.1. The predicted octanol–water partition coefficient (Wildman–Crippen LogP) is 2.04. The molecule has 108 valence electrons. The molecule has 1 atom stereocenters. The van der Waals surface area contributed by atoms with E-state index in [1.54, 1.807) is 6.20 Å². The third-order valence-electron chi connectivity index (χ3n) is 3.92. The van der Waals surface area contributed by atoms with E-state index in [2.05, 4.69) is 26.2 Å². The van der Waals surface area contributed by atoms with E-state index in [1.807, 2.05) is 17.0 Å². The second-order valence-corrected chi connectivity index (χ2v) is 6.14. The van der Waals surface area contributed by atoms with Crippen LogP contribution in [0.2, 0.25) is 0 Å². The number of hydrogen-bond acceptors (Lipinski definition) is 4. The van der Waals surface area contributed by atoms with Crippen LogP contribution in [0.5, 0.6) is 0 Å². The molecule has 1 amide bonds. The Morgan fingerprint density at radius 2 is 2.10 bits per heavy atom. The van der Waals surface area contributed by atoms with Crippen LogP contribution in [0.4, 0.5) is 5.82 Å². The summed E-state index contributed by atoms with van der Waals surface area (Å²) in [4.78, 5) is 18.7. The number of pyridine rings is 1. The molecule has 3 rings (SSSR count). The van der Waals surface area contributed by atoms with Gasteiger partial charge in [-0.3, -0.25) is 4.79 Å². The lowest BCUT2D eigenvalue weighted by molar-refractivity contribution is -0.131. The van der Waals surface area contributed by atoms with Crippen molar-refractivity contribution in [2.75, 3.05) is 25.1 Å². The van der Waals surface area contributed by atoms with Gasteiger partial charge in [-0.05, 0) is 47.3 Å². The Morgan fingerprint density at radius 1 is 1.30 bits per heavy atom. The van der Waals surface area contributed by atoms with Crippen LogP contribution in [0.1, 0.15) is 19.3 Å². The van der Waals surface area contributed by atoms with Crippen LogP contribution in [0, 0.1) is 0 Å². The molecule has 0 spiro atoms. The molecule has 2 fully saturated rings. The van der Waals surface area contributed by atoms with E-state index in [4.69, 9.17) is 4.74 Å². The van der Waals surface area contributed by atoms with E-state index in [1.165, 1.54) is 0 Å². The Hall–Kier alpha value is -1.14. The molecule has 20 heavy (non-hydrogen) atoms. The van der Waals surface area contributed by atoms with Crippen LogP contribution in [-0.2, 0) is 9.53 Å². The maximum absolute atomic E-state index is 12.5. The summed E-state index contributed by atoms with van der Waals surface area (Å²) < 4.78 is 6.30. The number of anilines is 1. The van der Waals surface area contributed by atoms with Crippen LogP contribution in [0.25, 0.3) is 0 Å². The van der Waals surface area contributed by atoms with Crippen LogP contribution >= 0.6 is 15.9 Å². The van der Waals surface area contributed by atoms with Gasteiger partial charge in [-0.1, -0.05) is 0 Å². The Bertz CT molecular complexity index is 474. The van der Waals surface area contributed by atoms with Gasteiger partial charge in [-0.2, -0.15) is 0 Å². The van der Waals surface area contributed by atoms with Gasteiger partial charge in [0.25, 0.3) is 0 Å². The van der Waals surface area contributed by atoms with E-state index >= 15 is 0 Å². The molecule has 0 aromatic carbocycles. The first-order chi connectivity index (χ1) is 9.74. The van der Waals surface area contributed by atoms with E-state index in [0.717, 1.165) is 49.3 Å². The summed E-state index contributed by atoms with van der Waals surface area (Å²) in [6.45, 7) is 2.36. The number of carbonyl (C=O) groups excluding carboxylic acids is 1. The first kappa shape index (κ1) is 13.8. The molecule has 3 heterocycles. The number of likely N-dealkylation sites (tertiary alicyclic amines) is 1. The molecule has 2 saturated heterocycles. The molecule has 0 radical (unpaired) electrons. The fourth-order valence-electron chi connectivity index (χ4n) is 2.83. The first-order valence-corrected chi connectivity index (χ1v) is 7.79. The molecule has 2 aliphatic rings. The highest BCUT2D eigenvalue weighted by Gasteiger charge is 2.36. The van der Waals surface area contributed by atoms with Gasteiger partial charge in [0.1, 0.15) is 11.9 Å². The zero-order chi connectivity index (χ0) is 13.9. The fourth-order valence-corrected chi connectivity index (χ4v) is 3.07. The molecule has 0 bridgehead atoms. The van der Waals surface area contributed by atoms with Crippen LogP contribution in [0.15, 0.2) is 22.8 Å². The number of ether oxygens (including phenoxy) is 1. The molecule has 6 heteroatoms. The van der Waals surface area contributed by atoms with E-state index in [0.29, 0.717) is 6.04 Å². The van der Waals surface area contributed by atoms with E-state index in [-0.39, 0.29) is 11.9 Å². The van der Waals surface area contributed by atoms with Crippen LogP contribution < -0.4 is 5.32 Å². The standard InChI is InChI=1S/C14H18BrN3O2/c15-10-1-2-13(16-9-10)17-12-3-6-18(14(12)19)11-4-7-20-8-5-11/h1-2,9,11-12H,3-8H2,(H,16,17)/t12-/m0/s1. The minimum atomic E-state index is -0.147. The van der Waals surface area contributed by atoms with Gasteiger partial charge in [0.2, 0.25) is 5.91 Å². The number of aromatic nitrogens is 1. The highest BCUT2D eigenvalue weighted by molar-refractivity contribution is 9.10. The molecule has 5 nitrogen and oxygen atoms in total. The number of hydrogen-bond donors (Lipinski definition) is 1. The lowest BCUT2D eigenvalue weighted by Gasteiger charge is -2.31. The smallest absolute Gasteiger partial charge is 0.245 e. The van der Waals surface area contributed by atoms with Gasteiger partial charge >= 0.3 is 0 Å². The molecule has 0 unspecified atom stereocenters. The quantitative estimate of drug-likeness (QED) is 0.915. The maximum Gasteiger partial charge on any atom is 0.245 e. The Kier molecular flexibility index (Phi) is 4.21. The third-order valence-corrected chi connectivity index (χ3v) is 4.39. The SMILES string of the molecule is O=C1[C@@H](Nc2ccc(Br)cn2)CCN1C1CCOCC1. The van der Waals surface area contributed by atoms with Gasteiger partial charge in [0.15, 0.2) is 0 Å². The number of nitrogens with zero attached hydrogens (tertiary/aromatic N) is 2. The molecule has 0 aliphatic carbocycles. The molecular formula is C14H18BrN3O2. The van der Waals surface area contributed by atoms with Gasteiger partial charge in [-0.15, -0.1) is 0 Å². The lowest BCUT2D eigenvalue weighted by atomic mass is 10.1. The average Bonchev–Trinajstić information content (AvgIpc) is 2.84. The van der Waals surface area contributed by atoms with Crippen molar-refractivity contribution in [3.05, 3.63) is 22.8 Å². The summed E-state index contributed by atoms with van der Waals surface area (Å²) in [7, 11) is 0. The van der Waals surface area contributed by atoms with Crippen molar-refractivity contribution in [1.82, 2.24) is 9.88 Å². The molecule has 1 N–H and O–H groups in total. The number of halogens is 1. The second kappa shape index (κ2) is 6.10. The number of rotatable bonds is 3. The van der Waals surface area contributed by atoms with E-state index in [9.17, 15) is 4.79 Å². The monoisotopic (exact) mass is 339 g/mol. The van der Waals surface area contributed by atoms with Crippen LogP contribution in [0.3, 0.4) is 0 Å². The second-order valence-electron chi connectivity index (χ2n) is 5.22. The number of carbonyl (C=O) groups is 1. The minimum absolute atomic E-state index is 0.147. The molecular weight excluding hydrogens is 322 g/mol. The van der Waals surface area contributed by atoms with Crippen LogP contribution in [-0.4, -0.2) is 47.6 Å². The average molecular weight is 340 g/mol. The van der Waals surface area contributed by atoms with Crippen molar-refractivity contribution in [2.24, 2.45) is 0 Å². The van der Waals surface area contributed by atoms with Crippen molar-refractivity contribution >= 4 is 27.7 Å². The number of nitrogens with one attached hydrogen (secondary N) is 1. The number of amides is 1. The zero-order valence-electron chi connectivity index (χ0n) is 11.2. The Morgan fingerprint density at radius 3 is 2.80 bits per heavy atom. The van der Waals surface area contributed by atoms with Gasteiger partial charge < -0.3 is 15.0 Å². The first-order valence-electron chi connectivity index (χ1n) is 7.00. The highest BCUT2D eigenvalue weighted by atomic mass is 79.9. The lowest BCUT2D eigenvalue weighted by Crippen LogP contribution is -2.43. The third kappa shape index (κ3) is 2.96. The van der Waals surface area contributed by atoms with Crippen molar-refractivity contribution in [3.63, 3.8) is 0 Å². The van der Waals surface area contributed by atoms with Gasteiger partial charge in [-0.25, -0.2) is 4.98 Å². The van der Waals surface area contributed by atoms with Crippen molar-refractivity contribution in [1.29, 1.82) is 0 Å². The Balaban J connectivity index is 1.61. The maximum atomic E-state index is 12.5. The van der Waals surface area contributed by atoms with E-state index < -0.39 is 0 Å². The summed E-state index contributed by atoms with van der Waals surface area (Å²) in [6, 6.07) is 4.01. The predicted molar refractivity (Wildman–Crippen MR) is 79.5 cm³/mol. The summed E-state index contributed by atoms with van der Waals surface area (Å²) in [5.74, 6) is 0.946. The summed E-state index contributed by atoms with van der Waals surface area (Å²) in [5.41, 5.74) is 0. The summed E-state index contributed by atoms with van der Waals surface area (Å²) in [5, 5.41) is 3.23. The molecule has 1 aromatic rings. The minimum Gasteiger partial charge on any atom is -0.381 e. The van der Waals surface area contributed by atoms with Gasteiger partial charge in [0, 0.05) is 36.5 Å². The summed E-state index contributed by atoms with van der Waals surface area (Å²) >= 11 is 3.35. The molecule has 0 saturated carbocycles. The zero-order valence-corrected chi connectivity index (χ0v) is 12.8. The molecule has 2 aliphatic heterocycles. The molecule has 1 aromatic heterocycles. The largest absolute Gasteiger partial charge is 0.381 e. The fraction of sp³-hybridized carbons (Fsp3) is 0.571. The highest BCUT2D eigenvalue weighted by Crippen LogP contribution is 2.23. The Labute approximate surface area is 126 Å². The van der Waals surface area contributed by atoms with Crippen molar-refractivity contribution in [2.45, 2.75) is 31.3 Å².